The van der Waals surface area contributed by atoms with Crippen LogP contribution in [0.15, 0.2) is 54.6 Å². The molecule has 2 aromatic carbocycles. The number of esters is 1. The Morgan fingerprint density at radius 2 is 1.69 bits per heavy atom. The van der Waals surface area contributed by atoms with Gasteiger partial charge in [0.05, 0.1) is 6.04 Å². The normalized spacial score (nSPS) is 20.3. The summed E-state index contributed by atoms with van der Waals surface area (Å²) < 4.78 is 5.32. The van der Waals surface area contributed by atoms with Crippen LogP contribution in [0.1, 0.15) is 37.1 Å². The summed E-state index contributed by atoms with van der Waals surface area (Å²) in [5, 5.41) is 0. The zero-order valence-corrected chi connectivity index (χ0v) is 15.5. The van der Waals surface area contributed by atoms with Crippen LogP contribution in [0.3, 0.4) is 0 Å². The molecule has 0 radical (unpaired) electrons. The van der Waals surface area contributed by atoms with Gasteiger partial charge in [-0.3, -0.25) is 9.59 Å². The van der Waals surface area contributed by atoms with Crippen molar-refractivity contribution in [3.05, 3.63) is 65.7 Å². The van der Waals surface area contributed by atoms with Crippen molar-refractivity contribution < 1.29 is 14.3 Å². The lowest BCUT2D eigenvalue weighted by Crippen LogP contribution is -2.60. The van der Waals surface area contributed by atoms with Gasteiger partial charge in [-0.2, -0.15) is 0 Å². The highest BCUT2D eigenvalue weighted by Crippen LogP contribution is 2.43. The Morgan fingerprint density at radius 1 is 1.08 bits per heavy atom. The average Bonchev–Trinajstić information content (AvgIpc) is 2.64. The van der Waals surface area contributed by atoms with E-state index in [-0.39, 0.29) is 18.0 Å². The number of likely N-dealkylation sites (tertiary alicyclic amines) is 1. The standard InChI is InChI=1S/C21H24N2O3/c1-14(16-8-6-5-7-9-16)23-19(20(21(23)25)26-15(2)24)17-10-12-18(13-11-17)22(3)4/h5-14,19-20H,1-4H3. The van der Waals surface area contributed by atoms with Crippen LogP contribution in [0.2, 0.25) is 0 Å². The molecule has 2 aromatic rings. The highest BCUT2D eigenvalue weighted by atomic mass is 16.6. The van der Waals surface area contributed by atoms with Crippen LogP contribution in [0.25, 0.3) is 0 Å². The quantitative estimate of drug-likeness (QED) is 0.612. The first-order valence-electron chi connectivity index (χ1n) is 8.71. The van der Waals surface area contributed by atoms with Crippen molar-refractivity contribution in [2.24, 2.45) is 0 Å². The molecule has 1 heterocycles. The van der Waals surface area contributed by atoms with Crippen molar-refractivity contribution >= 4 is 17.6 Å². The van der Waals surface area contributed by atoms with E-state index in [4.69, 9.17) is 4.74 Å². The van der Waals surface area contributed by atoms with E-state index in [9.17, 15) is 9.59 Å². The predicted molar refractivity (Wildman–Crippen MR) is 101 cm³/mol. The van der Waals surface area contributed by atoms with Gasteiger partial charge in [0, 0.05) is 26.7 Å². The third-order valence-corrected chi connectivity index (χ3v) is 4.83. The van der Waals surface area contributed by atoms with Gasteiger partial charge in [0.2, 0.25) is 6.10 Å². The second-order valence-electron chi connectivity index (χ2n) is 6.79. The van der Waals surface area contributed by atoms with E-state index < -0.39 is 12.1 Å². The molecule has 3 unspecified atom stereocenters. The molecule has 1 aliphatic heterocycles. The largest absolute Gasteiger partial charge is 0.450 e. The minimum atomic E-state index is -0.760. The van der Waals surface area contributed by atoms with Gasteiger partial charge in [-0.15, -0.1) is 0 Å². The molecular weight excluding hydrogens is 328 g/mol. The van der Waals surface area contributed by atoms with Crippen molar-refractivity contribution in [3.63, 3.8) is 0 Å². The number of ether oxygens (including phenoxy) is 1. The predicted octanol–water partition coefficient (Wildman–Crippen LogP) is 3.33. The minimum Gasteiger partial charge on any atom is -0.450 e. The fourth-order valence-corrected chi connectivity index (χ4v) is 3.41. The maximum atomic E-state index is 12.7. The molecule has 0 N–H and O–H groups in total. The summed E-state index contributed by atoms with van der Waals surface area (Å²) in [6, 6.07) is 17.5. The van der Waals surface area contributed by atoms with Crippen LogP contribution in [-0.4, -0.2) is 37.0 Å². The van der Waals surface area contributed by atoms with Gasteiger partial charge in [0.25, 0.3) is 5.91 Å². The number of β-lactam (4-membered cyclic amide) rings is 1. The van der Waals surface area contributed by atoms with Crippen molar-refractivity contribution in [1.82, 2.24) is 4.90 Å². The zero-order valence-electron chi connectivity index (χ0n) is 15.5. The highest BCUT2D eigenvalue weighted by Gasteiger charge is 2.52. The maximum Gasteiger partial charge on any atom is 0.303 e. The van der Waals surface area contributed by atoms with Crippen LogP contribution in [-0.2, 0) is 14.3 Å². The van der Waals surface area contributed by atoms with Crippen LogP contribution in [0, 0.1) is 0 Å². The number of anilines is 1. The van der Waals surface area contributed by atoms with Crippen molar-refractivity contribution in [1.29, 1.82) is 0 Å². The molecule has 3 atom stereocenters. The smallest absolute Gasteiger partial charge is 0.303 e. The fourth-order valence-electron chi connectivity index (χ4n) is 3.41. The average molecular weight is 352 g/mol. The Labute approximate surface area is 154 Å². The number of carbonyl (C=O) groups is 2. The van der Waals surface area contributed by atoms with E-state index in [2.05, 4.69) is 0 Å². The number of carbonyl (C=O) groups excluding carboxylic acids is 2. The second-order valence-corrected chi connectivity index (χ2v) is 6.79. The summed E-state index contributed by atoms with van der Waals surface area (Å²) >= 11 is 0. The lowest BCUT2D eigenvalue weighted by molar-refractivity contribution is -0.186. The number of amides is 1. The van der Waals surface area contributed by atoms with Crippen LogP contribution in [0.4, 0.5) is 5.69 Å². The Kier molecular flexibility index (Phi) is 4.98. The molecule has 3 rings (SSSR count). The molecule has 1 saturated heterocycles. The summed E-state index contributed by atoms with van der Waals surface area (Å²) in [6.07, 6.45) is -0.760. The van der Waals surface area contributed by atoms with E-state index in [1.807, 2.05) is 80.5 Å². The van der Waals surface area contributed by atoms with Gasteiger partial charge in [-0.25, -0.2) is 0 Å². The van der Waals surface area contributed by atoms with Crippen LogP contribution in [0.5, 0.6) is 0 Å². The SMILES string of the molecule is CC(=O)OC1C(=O)N(C(C)c2ccccc2)C1c1ccc(N(C)C)cc1. The number of hydrogen-bond acceptors (Lipinski definition) is 4. The molecule has 0 saturated carbocycles. The van der Waals surface area contributed by atoms with Gasteiger partial charge in [-0.1, -0.05) is 42.5 Å². The first-order chi connectivity index (χ1) is 12.4. The molecular formula is C21H24N2O3. The topological polar surface area (TPSA) is 49.9 Å². The molecule has 0 bridgehead atoms. The van der Waals surface area contributed by atoms with Crippen molar-refractivity contribution in [2.75, 3.05) is 19.0 Å². The molecule has 5 heteroatoms. The zero-order chi connectivity index (χ0) is 18.8. The van der Waals surface area contributed by atoms with E-state index in [0.717, 1.165) is 16.8 Å². The Bertz CT molecular complexity index is 787. The van der Waals surface area contributed by atoms with Gasteiger partial charge in [0.15, 0.2) is 0 Å². The van der Waals surface area contributed by atoms with Crippen LogP contribution >= 0.6 is 0 Å². The maximum absolute atomic E-state index is 12.7. The monoisotopic (exact) mass is 352 g/mol. The first kappa shape index (κ1) is 18.0. The molecule has 1 aliphatic rings. The molecule has 26 heavy (non-hydrogen) atoms. The van der Waals surface area contributed by atoms with Gasteiger partial charge < -0.3 is 14.5 Å². The van der Waals surface area contributed by atoms with E-state index in [1.165, 1.54) is 6.92 Å². The summed E-state index contributed by atoms with van der Waals surface area (Å²) in [6.45, 7) is 3.33. The molecule has 5 nitrogen and oxygen atoms in total. The Morgan fingerprint density at radius 3 is 2.23 bits per heavy atom. The number of benzene rings is 2. The number of hydrogen-bond donors (Lipinski definition) is 0. The van der Waals surface area contributed by atoms with E-state index in [0.29, 0.717) is 0 Å². The molecule has 0 aliphatic carbocycles. The molecule has 136 valence electrons. The van der Waals surface area contributed by atoms with Gasteiger partial charge in [-0.05, 0) is 30.2 Å². The fraction of sp³-hybridized carbons (Fsp3) is 0.333. The highest BCUT2D eigenvalue weighted by molar-refractivity contribution is 5.91. The van der Waals surface area contributed by atoms with E-state index in [1.54, 1.807) is 4.90 Å². The molecule has 1 amide bonds. The third kappa shape index (κ3) is 3.29. The molecule has 0 spiro atoms. The lowest BCUT2D eigenvalue weighted by atomic mass is 9.87. The second kappa shape index (κ2) is 7.20. The Hall–Kier alpha value is -2.82. The van der Waals surface area contributed by atoms with Gasteiger partial charge >= 0.3 is 5.97 Å². The Balaban J connectivity index is 1.92. The summed E-state index contributed by atoms with van der Waals surface area (Å²) in [5.41, 5.74) is 3.09. The lowest BCUT2D eigenvalue weighted by Gasteiger charge is -2.49. The summed E-state index contributed by atoms with van der Waals surface area (Å²) in [7, 11) is 3.96. The third-order valence-electron chi connectivity index (χ3n) is 4.83. The first-order valence-corrected chi connectivity index (χ1v) is 8.71. The van der Waals surface area contributed by atoms with Crippen molar-refractivity contribution in [3.8, 4) is 0 Å². The summed E-state index contributed by atoms with van der Waals surface area (Å²) in [5.74, 6) is -0.594. The minimum absolute atomic E-state index is 0.103. The summed E-state index contributed by atoms with van der Waals surface area (Å²) in [4.78, 5) is 28.0. The molecule has 1 fully saturated rings. The molecule has 0 aromatic heterocycles. The van der Waals surface area contributed by atoms with Crippen molar-refractivity contribution in [2.45, 2.75) is 32.0 Å². The van der Waals surface area contributed by atoms with E-state index >= 15 is 0 Å². The number of nitrogens with zero attached hydrogens (tertiary/aromatic N) is 2. The number of rotatable bonds is 5. The van der Waals surface area contributed by atoms with Gasteiger partial charge in [0.1, 0.15) is 6.04 Å². The van der Waals surface area contributed by atoms with Crippen LogP contribution < -0.4 is 4.90 Å².